The molecule has 10 heteroatoms. The summed E-state index contributed by atoms with van der Waals surface area (Å²) in [5.41, 5.74) is 1.80. The molecule has 8 nitrogen and oxygen atoms in total. The minimum Gasteiger partial charge on any atom is -0.338 e. The van der Waals surface area contributed by atoms with Crippen molar-refractivity contribution in [2.24, 2.45) is 11.8 Å². The molecule has 2 aromatic heterocycles. The van der Waals surface area contributed by atoms with Crippen molar-refractivity contribution in [1.82, 2.24) is 20.6 Å². The summed E-state index contributed by atoms with van der Waals surface area (Å²) in [7, 11) is 0. The highest BCUT2D eigenvalue weighted by Gasteiger charge is 2.23. The summed E-state index contributed by atoms with van der Waals surface area (Å²) >= 11 is 2.84. The molecule has 0 aromatic carbocycles. The van der Waals surface area contributed by atoms with E-state index in [0.717, 1.165) is 37.1 Å². The van der Waals surface area contributed by atoms with Gasteiger partial charge in [-0.1, -0.05) is 6.42 Å². The monoisotopic (exact) mass is 422 g/mol. The van der Waals surface area contributed by atoms with Crippen molar-refractivity contribution in [3.63, 3.8) is 0 Å². The molecule has 28 heavy (non-hydrogen) atoms. The molecule has 0 saturated heterocycles. The highest BCUT2D eigenvalue weighted by atomic mass is 32.1. The number of urea groups is 2. The molecule has 1 aliphatic carbocycles. The molecule has 0 aliphatic heterocycles. The zero-order valence-corrected chi connectivity index (χ0v) is 17.7. The van der Waals surface area contributed by atoms with E-state index in [1.165, 1.54) is 22.7 Å². The molecule has 2 atom stereocenters. The number of amides is 4. The van der Waals surface area contributed by atoms with Gasteiger partial charge in [-0.3, -0.25) is 10.6 Å². The number of nitrogens with one attached hydrogen (secondary N) is 4. The van der Waals surface area contributed by atoms with Crippen LogP contribution < -0.4 is 21.3 Å². The highest BCUT2D eigenvalue weighted by molar-refractivity contribution is 7.14. The van der Waals surface area contributed by atoms with Crippen LogP contribution in [0, 0.1) is 25.7 Å². The maximum atomic E-state index is 12.0. The number of thiazole rings is 2. The summed E-state index contributed by atoms with van der Waals surface area (Å²) in [5.74, 6) is 0.850. The fraction of sp³-hybridized carbons (Fsp3) is 0.556. The molecular weight excluding hydrogens is 396 g/mol. The van der Waals surface area contributed by atoms with Crippen LogP contribution in [0.4, 0.5) is 19.9 Å². The molecule has 4 amide bonds. The van der Waals surface area contributed by atoms with Gasteiger partial charge in [0.2, 0.25) is 0 Å². The van der Waals surface area contributed by atoms with E-state index in [9.17, 15) is 9.59 Å². The average molecular weight is 423 g/mol. The van der Waals surface area contributed by atoms with Crippen LogP contribution in [0.2, 0.25) is 0 Å². The molecule has 0 unspecified atom stereocenters. The van der Waals surface area contributed by atoms with Crippen molar-refractivity contribution in [2.45, 2.75) is 39.5 Å². The van der Waals surface area contributed by atoms with Crippen LogP contribution in [0.1, 0.15) is 37.1 Å². The molecule has 2 heterocycles. The van der Waals surface area contributed by atoms with E-state index in [1.807, 2.05) is 24.6 Å². The Morgan fingerprint density at radius 3 is 1.79 bits per heavy atom. The number of aromatic nitrogens is 2. The lowest BCUT2D eigenvalue weighted by Gasteiger charge is -2.29. The van der Waals surface area contributed by atoms with Gasteiger partial charge in [-0.25, -0.2) is 19.6 Å². The predicted molar refractivity (Wildman–Crippen MR) is 113 cm³/mol. The SMILES string of the molecule is Cc1csc(NC(=O)NC[C@@H]2CCC[C@@H](CNC(=O)Nc3nc(C)cs3)C2)n1. The van der Waals surface area contributed by atoms with Crippen LogP contribution in [0.3, 0.4) is 0 Å². The third kappa shape index (κ3) is 6.45. The standard InChI is InChI=1S/C18H26N6O2S2/c1-11-9-27-17(21-11)23-15(25)19-7-13-4-3-5-14(6-13)8-20-16(26)24-18-22-12(2)10-28-18/h9-10,13-14H,3-8H2,1-2H3,(H2,19,21,23,25)(H2,20,22,24,26)/t13-,14-/m1/s1. The van der Waals surface area contributed by atoms with Gasteiger partial charge in [-0.2, -0.15) is 0 Å². The van der Waals surface area contributed by atoms with Gasteiger partial charge in [0.25, 0.3) is 0 Å². The van der Waals surface area contributed by atoms with Gasteiger partial charge in [0.05, 0.1) is 11.4 Å². The first-order chi connectivity index (χ1) is 13.5. The van der Waals surface area contributed by atoms with Gasteiger partial charge in [-0.05, 0) is 44.9 Å². The number of carbonyl (C=O) groups is 2. The van der Waals surface area contributed by atoms with Crippen LogP contribution in [-0.2, 0) is 0 Å². The predicted octanol–water partition coefficient (Wildman–Crippen LogP) is 3.97. The summed E-state index contributed by atoms with van der Waals surface area (Å²) in [4.78, 5) is 32.5. The van der Waals surface area contributed by atoms with Crippen molar-refractivity contribution in [2.75, 3.05) is 23.7 Å². The quantitative estimate of drug-likeness (QED) is 0.565. The van der Waals surface area contributed by atoms with E-state index in [0.29, 0.717) is 35.2 Å². The molecule has 1 aliphatic rings. The van der Waals surface area contributed by atoms with Gasteiger partial charge in [0.15, 0.2) is 10.3 Å². The zero-order valence-electron chi connectivity index (χ0n) is 16.1. The molecule has 0 bridgehead atoms. The fourth-order valence-electron chi connectivity index (χ4n) is 3.35. The number of carbonyl (C=O) groups excluding carboxylic acids is 2. The van der Waals surface area contributed by atoms with E-state index in [2.05, 4.69) is 31.2 Å². The van der Waals surface area contributed by atoms with E-state index >= 15 is 0 Å². The smallest absolute Gasteiger partial charge is 0.321 e. The Bertz CT molecular complexity index is 741. The lowest BCUT2D eigenvalue weighted by atomic mass is 9.81. The third-order valence-corrected chi connectivity index (χ3v) is 6.42. The van der Waals surface area contributed by atoms with E-state index in [4.69, 9.17) is 0 Å². The van der Waals surface area contributed by atoms with Crippen LogP contribution in [0.15, 0.2) is 10.8 Å². The number of hydrogen-bond donors (Lipinski definition) is 4. The Balaban J connectivity index is 1.35. The molecule has 1 fully saturated rings. The Morgan fingerprint density at radius 1 is 0.929 bits per heavy atom. The second-order valence-electron chi connectivity index (χ2n) is 7.16. The fourth-order valence-corrected chi connectivity index (χ4v) is 4.72. The van der Waals surface area contributed by atoms with Crippen molar-refractivity contribution in [3.05, 3.63) is 22.1 Å². The van der Waals surface area contributed by atoms with Crippen LogP contribution in [-0.4, -0.2) is 35.1 Å². The highest BCUT2D eigenvalue weighted by Crippen LogP contribution is 2.28. The summed E-state index contributed by atoms with van der Waals surface area (Å²) in [6.07, 6.45) is 4.29. The number of hydrogen-bond acceptors (Lipinski definition) is 6. The lowest BCUT2D eigenvalue weighted by molar-refractivity contribution is 0.230. The second-order valence-corrected chi connectivity index (χ2v) is 8.87. The largest absolute Gasteiger partial charge is 0.338 e. The van der Waals surface area contributed by atoms with Crippen molar-refractivity contribution in [1.29, 1.82) is 0 Å². The van der Waals surface area contributed by atoms with Crippen LogP contribution in [0.5, 0.6) is 0 Å². The summed E-state index contributed by atoms with van der Waals surface area (Å²) < 4.78 is 0. The number of rotatable bonds is 6. The van der Waals surface area contributed by atoms with Crippen molar-refractivity contribution < 1.29 is 9.59 Å². The van der Waals surface area contributed by atoms with Crippen molar-refractivity contribution in [3.8, 4) is 0 Å². The maximum absolute atomic E-state index is 12.0. The first kappa shape index (κ1) is 20.5. The third-order valence-electron chi connectivity index (χ3n) is 4.67. The lowest BCUT2D eigenvalue weighted by Crippen LogP contribution is -2.38. The molecule has 152 valence electrons. The molecule has 1 saturated carbocycles. The molecule has 3 rings (SSSR count). The topological polar surface area (TPSA) is 108 Å². The summed E-state index contributed by atoms with van der Waals surface area (Å²) in [5, 5.41) is 16.4. The first-order valence-corrected chi connectivity index (χ1v) is 11.2. The Hall–Kier alpha value is -2.20. The van der Waals surface area contributed by atoms with Crippen molar-refractivity contribution >= 4 is 45.0 Å². The van der Waals surface area contributed by atoms with E-state index in [-0.39, 0.29) is 12.1 Å². The molecule has 0 spiro atoms. The van der Waals surface area contributed by atoms with Gasteiger partial charge in [-0.15, -0.1) is 22.7 Å². The Morgan fingerprint density at radius 2 is 1.39 bits per heavy atom. The normalized spacial score (nSPS) is 19.1. The van der Waals surface area contributed by atoms with Crippen LogP contribution >= 0.6 is 22.7 Å². The van der Waals surface area contributed by atoms with Gasteiger partial charge in [0, 0.05) is 23.8 Å². The number of anilines is 2. The average Bonchev–Trinajstić information content (AvgIpc) is 3.26. The zero-order chi connectivity index (χ0) is 19.9. The maximum Gasteiger partial charge on any atom is 0.321 e. The van der Waals surface area contributed by atoms with Gasteiger partial charge >= 0.3 is 12.1 Å². The van der Waals surface area contributed by atoms with E-state index < -0.39 is 0 Å². The minimum absolute atomic E-state index is 0.215. The second kappa shape index (κ2) is 9.83. The number of aryl methyl sites for hydroxylation is 2. The Labute approximate surface area is 172 Å². The minimum atomic E-state index is -0.215. The van der Waals surface area contributed by atoms with Gasteiger partial charge in [0.1, 0.15) is 0 Å². The molecule has 0 radical (unpaired) electrons. The molecular formula is C18H26N6O2S2. The number of nitrogens with zero attached hydrogens (tertiary/aromatic N) is 2. The molecule has 2 aromatic rings. The Kier molecular flexibility index (Phi) is 7.21. The van der Waals surface area contributed by atoms with Crippen LogP contribution in [0.25, 0.3) is 0 Å². The molecule has 4 N–H and O–H groups in total. The van der Waals surface area contributed by atoms with E-state index in [1.54, 1.807) is 0 Å². The van der Waals surface area contributed by atoms with Gasteiger partial charge < -0.3 is 10.6 Å². The summed E-state index contributed by atoms with van der Waals surface area (Å²) in [6.45, 7) is 5.07. The summed E-state index contributed by atoms with van der Waals surface area (Å²) in [6, 6.07) is -0.430. The first-order valence-electron chi connectivity index (χ1n) is 9.42.